The van der Waals surface area contributed by atoms with Gasteiger partial charge in [-0.3, -0.25) is 4.57 Å². The number of epoxide rings is 1. The van der Waals surface area contributed by atoms with Gasteiger partial charge in [-0.05, 0) is 6.42 Å². The number of hydrogen-bond acceptors (Lipinski definition) is 5. The van der Waals surface area contributed by atoms with E-state index in [-0.39, 0.29) is 36.2 Å². The SMILES string of the molecule is CCCC(F)C(F)(F)C(F)(F)C(F)(F)C(F)(F)C(F)(F)C(F)(F)C(F)(F)C(F)(F)OP(=O)([O-])OCC1CO1.[Na+]. The van der Waals surface area contributed by atoms with Crippen LogP contribution in [0.2, 0.25) is 0 Å². The van der Waals surface area contributed by atoms with Gasteiger partial charge in [-0.2, -0.15) is 70.2 Å². The molecule has 1 aliphatic heterocycles. The fourth-order valence-electron chi connectivity index (χ4n) is 2.37. The van der Waals surface area contributed by atoms with E-state index in [1.165, 1.54) is 0 Å². The van der Waals surface area contributed by atoms with E-state index in [1.54, 1.807) is 0 Å². The van der Waals surface area contributed by atoms with Crippen LogP contribution in [0.25, 0.3) is 0 Å². The third kappa shape index (κ3) is 6.46. The number of halogens is 17. The Morgan fingerprint density at radius 1 is 0.795 bits per heavy atom. The van der Waals surface area contributed by atoms with E-state index in [1.807, 2.05) is 0 Å². The van der Waals surface area contributed by atoms with Gasteiger partial charge in [-0.1, -0.05) is 13.3 Å². The largest absolute Gasteiger partial charge is 1.00 e. The molecule has 228 valence electrons. The molecule has 0 spiro atoms. The minimum absolute atomic E-state index is 0. The van der Waals surface area contributed by atoms with Crippen LogP contribution in [0.4, 0.5) is 74.6 Å². The van der Waals surface area contributed by atoms with E-state index >= 15 is 0 Å². The number of hydrogen-bond donors (Lipinski definition) is 0. The molecule has 0 aromatic rings. The average Bonchev–Trinajstić information content (AvgIpc) is 3.55. The van der Waals surface area contributed by atoms with E-state index in [4.69, 9.17) is 0 Å². The molecule has 1 aliphatic rings. The number of phosphoric acid groups is 1. The molecule has 0 radical (unpaired) electrons. The van der Waals surface area contributed by atoms with Crippen LogP contribution >= 0.6 is 7.82 Å². The Balaban J connectivity index is 0.0000144. The van der Waals surface area contributed by atoms with E-state index in [0.717, 1.165) is 6.92 Å². The Morgan fingerprint density at radius 2 is 1.15 bits per heavy atom. The summed E-state index contributed by atoms with van der Waals surface area (Å²) in [6.07, 6.45) is -16.0. The maximum atomic E-state index is 13.7. The van der Waals surface area contributed by atoms with Crippen LogP contribution in [0.1, 0.15) is 19.8 Å². The van der Waals surface area contributed by atoms with Crippen molar-refractivity contribution < 1.29 is 127 Å². The number of rotatable bonds is 15. The van der Waals surface area contributed by atoms with Gasteiger partial charge in [0.2, 0.25) is 0 Å². The van der Waals surface area contributed by atoms with Crippen LogP contribution in [0.5, 0.6) is 0 Å². The zero-order valence-corrected chi connectivity index (χ0v) is 21.8. The van der Waals surface area contributed by atoms with Crippen molar-refractivity contribution in [2.75, 3.05) is 13.2 Å². The minimum atomic E-state index is -8.81. The van der Waals surface area contributed by atoms with Crippen molar-refractivity contribution in [2.45, 2.75) is 79.6 Å². The van der Waals surface area contributed by atoms with Gasteiger partial charge in [-0.25, -0.2) is 8.91 Å². The van der Waals surface area contributed by atoms with Gasteiger partial charge in [0.1, 0.15) is 6.10 Å². The molecular formula is C15H13F17NaO5P. The average molecular weight is 650 g/mol. The van der Waals surface area contributed by atoms with E-state index in [9.17, 15) is 84.1 Å². The molecule has 39 heavy (non-hydrogen) atoms. The zero-order valence-electron chi connectivity index (χ0n) is 18.9. The second-order valence-corrected chi connectivity index (χ2v) is 8.97. The topological polar surface area (TPSA) is 71.1 Å². The molecule has 1 fully saturated rings. The first-order valence-corrected chi connectivity index (χ1v) is 10.9. The number of ether oxygens (including phenoxy) is 1. The van der Waals surface area contributed by atoms with Crippen LogP contribution < -0.4 is 34.5 Å². The first-order valence-electron chi connectivity index (χ1n) is 9.46. The number of alkyl halides is 17. The Labute approximate surface area is 228 Å². The van der Waals surface area contributed by atoms with Gasteiger partial charge in [0.25, 0.3) is 7.82 Å². The first-order chi connectivity index (χ1) is 16.5. The molecule has 0 N–H and O–H groups in total. The van der Waals surface area contributed by atoms with Crippen LogP contribution in [0.15, 0.2) is 0 Å². The predicted molar refractivity (Wildman–Crippen MR) is 83.8 cm³/mol. The van der Waals surface area contributed by atoms with Gasteiger partial charge in [0.15, 0.2) is 6.17 Å². The summed E-state index contributed by atoms with van der Waals surface area (Å²) in [5.74, 6) is -58.1. The fraction of sp³-hybridized carbons (Fsp3) is 1.00. The summed E-state index contributed by atoms with van der Waals surface area (Å²) in [4.78, 5) is 11.1. The van der Waals surface area contributed by atoms with E-state index < -0.39 is 87.1 Å². The van der Waals surface area contributed by atoms with Crippen molar-refractivity contribution >= 4 is 7.82 Å². The summed E-state index contributed by atoms with van der Waals surface area (Å²) in [6.45, 7) is -0.875. The molecule has 1 rings (SSSR count). The maximum absolute atomic E-state index is 13.7. The van der Waals surface area contributed by atoms with Crippen molar-refractivity contribution in [3.8, 4) is 0 Å². The van der Waals surface area contributed by atoms with Gasteiger partial charge >= 0.3 is 77.1 Å². The summed E-state index contributed by atoms with van der Waals surface area (Å²) in [5.41, 5.74) is 0. The molecule has 5 nitrogen and oxygen atoms in total. The van der Waals surface area contributed by atoms with Crippen LogP contribution in [0.3, 0.4) is 0 Å². The summed E-state index contributed by atoms with van der Waals surface area (Å²) in [5, 5.41) is 0. The Bertz CT molecular complexity index is 898. The van der Waals surface area contributed by atoms with Crippen molar-refractivity contribution in [3.05, 3.63) is 0 Å². The second kappa shape index (κ2) is 11.5. The summed E-state index contributed by atoms with van der Waals surface area (Å²) in [6, 6.07) is 0. The number of phosphoric ester groups is 1. The maximum Gasteiger partial charge on any atom is 1.00 e. The van der Waals surface area contributed by atoms with E-state index in [0.29, 0.717) is 0 Å². The van der Waals surface area contributed by atoms with Gasteiger partial charge in [0.05, 0.1) is 13.2 Å². The third-order valence-electron chi connectivity index (χ3n) is 4.74. The molecule has 0 aromatic carbocycles. The standard InChI is InChI=1S/C15H14F17O5P.Na/c1-2-3-7(16)8(17,18)9(19,20)10(21,22)11(23,24)12(25,26)13(27,28)14(29,30)15(31,32)37-38(33,34)36-5-6-4-35-6;/h6-7H,2-5H2,1H3,(H,33,34);/q;+1/p-1. The minimum Gasteiger partial charge on any atom is -0.756 e. The molecular weight excluding hydrogens is 637 g/mol. The van der Waals surface area contributed by atoms with Crippen molar-refractivity contribution in [2.24, 2.45) is 0 Å². The van der Waals surface area contributed by atoms with Gasteiger partial charge in [-0.15, -0.1) is 0 Å². The smallest absolute Gasteiger partial charge is 0.756 e. The summed E-state index contributed by atoms with van der Waals surface area (Å²) in [7, 11) is -6.92. The molecule has 0 aromatic heterocycles. The molecule has 24 heteroatoms. The first kappa shape index (κ1) is 38.9. The van der Waals surface area contributed by atoms with Crippen molar-refractivity contribution in [3.63, 3.8) is 0 Å². The molecule has 1 heterocycles. The monoisotopic (exact) mass is 650 g/mol. The zero-order chi connectivity index (χ0) is 30.6. The molecule has 3 unspecified atom stereocenters. The second-order valence-electron chi connectivity index (χ2n) is 7.63. The molecule has 3 atom stereocenters. The Kier molecular flexibility index (Phi) is 11.5. The normalized spacial score (nSPS) is 20.7. The molecule has 0 bridgehead atoms. The van der Waals surface area contributed by atoms with E-state index in [2.05, 4.69) is 13.8 Å². The fourth-order valence-corrected chi connectivity index (χ4v) is 3.17. The summed E-state index contributed by atoms with van der Waals surface area (Å²) >= 11 is 0. The van der Waals surface area contributed by atoms with Crippen LogP contribution in [-0.2, 0) is 18.3 Å². The Hall–Kier alpha value is -0.120. The van der Waals surface area contributed by atoms with Crippen LogP contribution in [0, 0.1) is 0 Å². The van der Waals surface area contributed by atoms with Gasteiger partial charge in [0, 0.05) is 0 Å². The Morgan fingerprint density at radius 3 is 1.51 bits per heavy atom. The molecule has 0 saturated carbocycles. The summed E-state index contributed by atoms with van der Waals surface area (Å²) < 4.78 is 253. The molecule has 0 amide bonds. The molecule has 0 aliphatic carbocycles. The van der Waals surface area contributed by atoms with Crippen molar-refractivity contribution in [1.29, 1.82) is 0 Å². The quantitative estimate of drug-likeness (QED) is 0.118. The van der Waals surface area contributed by atoms with Crippen LogP contribution in [-0.4, -0.2) is 73.1 Å². The molecule has 1 saturated heterocycles. The van der Waals surface area contributed by atoms with Crippen molar-refractivity contribution in [1.82, 2.24) is 0 Å². The predicted octanol–water partition coefficient (Wildman–Crippen LogP) is 3.07. The van der Waals surface area contributed by atoms with Gasteiger partial charge < -0.3 is 14.2 Å². The third-order valence-corrected chi connectivity index (χ3v) is 5.66.